The summed E-state index contributed by atoms with van der Waals surface area (Å²) in [5.41, 5.74) is 9.31. The Morgan fingerprint density at radius 1 is 0.353 bits per heavy atom. The highest BCUT2D eigenvalue weighted by Gasteiger charge is 1.96. The van der Waals surface area contributed by atoms with E-state index in [0.717, 1.165) is 32.4 Å². The fourth-order valence-electron chi connectivity index (χ4n) is 6.67. The highest BCUT2D eigenvalue weighted by atomic mass is 16.4. The Kier molecular flexibility index (Phi) is 48.3. The molecule has 0 saturated carbocycles. The van der Waals surface area contributed by atoms with E-state index in [4.69, 9.17) is 0 Å². The van der Waals surface area contributed by atoms with Crippen LogP contribution >= 0.6 is 0 Å². The van der Waals surface area contributed by atoms with Crippen LogP contribution < -0.4 is 27.0 Å². The Balaban J connectivity index is 0. The SMILES string of the molecule is CCCCCCCCCCCCCCCCCC[NH3+].CCCCCCCCCCCCCCCCCC[NH3+].CCCCc1ccc(B([O-])[O-])cc1. The maximum Gasteiger partial charge on any atom is 0.0739 e. The molecule has 6 N–H and O–H groups in total. The summed E-state index contributed by atoms with van der Waals surface area (Å²) >= 11 is 0. The molecule has 0 fully saturated rings. The average Bonchev–Trinajstić information content (AvgIpc) is 3.14. The Hall–Kier alpha value is -0.875. The zero-order valence-electron chi connectivity index (χ0n) is 35.3. The molecule has 1 rings (SSSR count). The molecule has 302 valence electrons. The summed E-state index contributed by atoms with van der Waals surface area (Å²) in [5, 5.41) is 21.0. The zero-order valence-corrected chi connectivity index (χ0v) is 35.3. The molecule has 4 nitrogen and oxygen atoms in total. The number of quaternary nitrogens is 2. The number of aryl methyl sites for hydroxylation is 1. The van der Waals surface area contributed by atoms with Crippen LogP contribution in [-0.2, 0) is 6.42 Å². The third kappa shape index (κ3) is 45.2. The van der Waals surface area contributed by atoms with Crippen LogP contribution in [0.1, 0.15) is 245 Å². The lowest BCUT2D eigenvalue weighted by atomic mass is 9.80. The molecule has 0 aliphatic rings. The minimum atomic E-state index is -1.85. The van der Waals surface area contributed by atoms with Crippen LogP contribution in [-0.4, -0.2) is 20.2 Å². The van der Waals surface area contributed by atoms with Gasteiger partial charge in [-0.15, -0.1) is 5.46 Å². The zero-order chi connectivity index (χ0) is 37.7. The smallest absolute Gasteiger partial charge is 0.0739 e. The highest BCUT2D eigenvalue weighted by Crippen LogP contribution is 2.15. The summed E-state index contributed by atoms with van der Waals surface area (Å²) in [7, 11) is -1.85. The lowest BCUT2D eigenvalue weighted by Gasteiger charge is -2.26. The summed E-state index contributed by atoms with van der Waals surface area (Å²) < 4.78 is 0. The Labute approximate surface area is 321 Å². The van der Waals surface area contributed by atoms with Gasteiger partial charge in [0.2, 0.25) is 0 Å². The standard InChI is InChI=1S/2C18H39N.C10H13BO2/c2*1-2-3-4-5-6-7-8-9-10-11-12-13-14-15-16-17-18-19;1-2-3-4-9-5-7-10(8-6-9)11(12)13/h2*2-19H2,1H3;5-8H,2-4H2,1H3/q;;-2/p+2. The predicted octanol–water partition coefficient (Wildman–Crippen LogP) is 10.4. The molecular formula is C46H93BN2O2. The fourth-order valence-corrected chi connectivity index (χ4v) is 6.67. The van der Waals surface area contributed by atoms with Crippen LogP contribution in [0.2, 0.25) is 0 Å². The number of rotatable bonds is 36. The second-order valence-corrected chi connectivity index (χ2v) is 15.5. The maximum atomic E-state index is 10.5. The van der Waals surface area contributed by atoms with Crippen molar-refractivity contribution in [3.8, 4) is 0 Å². The van der Waals surface area contributed by atoms with E-state index in [0.29, 0.717) is 5.46 Å². The largest absolute Gasteiger partial charge is 0.889 e. The van der Waals surface area contributed by atoms with Crippen LogP contribution in [0.25, 0.3) is 0 Å². The lowest BCUT2D eigenvalue weighted by molar-refractivity contribution is -0.368. The van der Waals surface area contributed by atoms with Crippen LogP contribution in [0.3, 0.4) is 0 Å². The van der Waals surface area contributed by atoms with Gasteiger partial charge in [-0.25, -0.2) is 0 Å². The molecule has 1 aromatic carbocycles. The summed E-state index contributed by atoms with van der Waals surface area (Å²) in [6.07, 6.45) is 49.7. The quantitative estimate of drug-likeness (QED) is 0.0533. The molecular weight excluding hydrogens is 623 g/mol. The van der Waals surface area contributed by atoms with Crippen molar-refractivity contribution in [3.63, 3.8) is 0 Å². The Morgan fingerprint density at radius 2 is 0.588 bits per heavy atom. The van der Waals surface area contributed by atoms with E-state index in [1.54, 1.807) is 12.1 Å². The fraction of sp³-hybridized carbons (Fsp3) is 0.870. The van der Waals surface area contributed by atoms with Crippen molar-refractivity contribution in [2.24, 2.45) is 0 Å². The highest BCUT2D eigenvalue weighted by molar-refractivity contribution is 6.55. The molecule has 0 saturated heterocycles. The number of hydrogen-bond donors (Lipinski definition) is 2. The van der Waals surface area contributed by atoms with Crippen molar-refractivity contribution in [1.82, 2.24) is 0 Å². The Bertz CT molecular complexity index is 664. The van der Waals surface area contributed by atoms with Gasteiger partial charge in [-0.05, 0) is 44.1 Å². The third-order valence-corrected chi connectivity index (χ3v) is 10.3. The molecule has 0 amide bonds. The van der Waals surface area contributed by atoms with Gasteiger partial charge in [0.05, 0.1) is 13.1 Å². The second-order valence-electron chi connectivity index (χ2n) is 15.5. The van der Waals surface area contributed by atoms with Gasteiger partial charge in [0, 0.05) is 0 Å². The molecule has 0 aromatic heterocycles. The van der Waals surface area contributed by atoms with Crippen molar-refractivity contribution >= 4 is 12.6 Å². The number of benzene rings is 1. The van der Waals surface area contributed by atoms with Gasteiger partial charge in [0.1, 0.15) is 0 Å². The van der Waals surface area contributed by atoms with E-state index in [2.05, 4.69) is 32.2 Å². The van der Waals surface area contributed by atoms with Crippen molar-refractivity contribution < 1.29 is 21.5 Å². The minimum Gasteiger partial charge on any atom is -0.889 e. The van der Waals surface area contributed by atoms with Crippen LogP contribution in [0.5, 0.6) is 0 Å². The average molecular weight is 717 g/mol. The molecule has 1 aromatic rings. The number of hydrogen-bond acceptors (Lipinski definition) is 2. The molecule has 0 aliphatic carbocycles. The van der Waals surface area contributed by atoms with Crippen molar-refractivity contribution in [3.05, 3.63) is 29.8 Å². The van der Waals surface area contributed by atoms with Gasteiger partial charge in [-0.2, -0.15) is 0 Å². The number of unbranched alkanes of at least 4 members (excludes halogenated alkanes) is 31. The summed E-state index contributed by atoms with van der Waals surface area (Å²) in [5.74, 6) is 0. The molecule has 0 atom stereocenters. The van der Waals surface area contributed by atoms with E-state index in [-0.39, 0.29) is 0 Å². The third-order valence-electron chi connectivity index (χ3n) is 10.3. The van der Waals surface area contributed by atoms with E-state index in [9.17, 15) is 10.0 Å². The van der Waals surface area contributed by atoms with E-state index >= 15 is 0 Å². The predicted molar refractivity (Wildman–Crippen MR) is 225 cm³/mol. The van der Waals surface area contributed by atoms with Crippen LogP contribution in [0.15, 0.2) is 24.3 Å². The van der Waals surface area contributed by atoms with Gasteiger partial charge < -0.3 is 21.5 Å². The normalized spacial score (nSPS) is 10.8. The molecule has 0 bridgehead atoms. The molecule has 0 unspecified atom stereocenters. The first-order chi connectivity index (χ1) is 25.1. The first-order valence-electron chi connectivity index (χ1n) is 23.1. The van der Waals surface area contributed by atoms with E-state index in [1.807, 2.05) is 12.1 Å². The van der Waals surface area contributed by atoms with Gasteiger partial charge in [0.25, 0.3) is 0 Å². The van der Waals surface area contributed by atoms with Crippen molar-refractivity contribution in [2.45, 2.75) is 245 Å². The van der Waals surface area contributed by atoms with Gasteiger partial charge >= 0.3 is 0 Å². The Morgan fingerprint density at radius 3 is 0.804 bits per heavy atom. The molecule has 0 radical (unpaired) electrons. The van der Waals surface area contributed by atoms with E-state index in [1.165, 1.54) is 211 Å². The topological polar surface area (TPSA) is 101 Å². The van der Waals surface area contributed by atoms with Crippen molar-refractivity contribution in [2.75, 3.05) is 13.1 Å². The first-order valence-corrected chi connectivity index (χ1v) is 23.1. The second kappa shape index (κ2) is 47.1. The molecule has 0 spiro atoms. The summed E-state index contributed by atoms with van der Waals surface area (Å²) in [6.45, 7) is 8.97. The molecule has 5 heteroatoms. The summed E-state index contributed by atoms with van der Waals surface area (Å²) in [4.78, 5) is 0. The van der Waals surface area contributed by atoms with Crippen LogP contribution in [0.4, 0.5) is 0 Å². The maximum absolute atomic E-state index is 10.5. The van der Waals surface area contributed by atoms with Crippen molar-refractivity contribution in [1.29, 1.82) is 0 Å². The van der Waals surface area contributed by atoms with Crippen LogP contribution in [0, 0.1) is 0 Å². The monoisotopic (exact) mass is 717 g/mol. The lowest BCUT2D eigenvalue weighted by Crippen LogP contribution is -2.55. The molecule has 51 heavy (non-hydrogen) atoms. The van der Waals surface area contributed by atoms with Gasteiger partial charge in [0.15, 0.2) is 0 Å². The first kappa shape index (κ1) is 52.2. The minimum absolute atomic E-state index is 0.334. The molecule has 0 heterocycles. The van der Waals surface area contributed by atoms with Gasteiger partial charge in [-0.1, -0.05) is 238 Å². The summed E-state index contributed by atoms with van der Waals surface area (Å²) in [6, 6.07) is 7.01. The van der Waals surface area contributed by atoms with Gasteiger partial charge in [-0.3, -0.25) is 0 Å². The molecule has 0 aliphatic heterocycles. The van der Waals surface area contributed by atoms with E-state index < -0.39 is 7.12 Å².